The number of hydrogen-bond donors (Lipinski definition) is 0. The summed E-state index contributed by atoms with van der Waals surface area (Å²) in [6.45, 7) is 8.49. The van der Waals surface area contributed by atoms with E-state index in [0.717, 1.165) is 29.5 Å². The van der Waals surface area contributed by atoms with Crippen LogP contribution in [0.5, 0.6) is 0 Å². The van der Waals surface area contributed by atoms with Crippen molar-refractivity contribution in [1.82, 2.24) is 19.7 Å². The van der Waals surface area contributed by atoms with Crippen LogP contribution in [0.15, 0.2) is 27.1 Å². The highest BCUT2D eigenvalue weighted by atomic mass is 32.2. The van der Waals surface area contributed by atoms with Gasteiger partial charge in [-0.25, -0.2) is 4.98 Å². The van der Waals surface area contributed by atoms with Crippen molar-refractivity contribution >= 4 is 33.3 Å². The number of allylic oxidation sites excluding steroid dienone is 1. The van der Waals surface area contributed by atoms with Crippen molar-refractivity contribution in [3.05, 3.63) is 45.2 Å². The van der Waals surface area contributed by atoms with Crippen LogP contribution in [0.1, 0.15) is 42.4 Å². The molecule has 0 N–H and O–H groups in total. The van der Waals surface area contributed by atoms with Crippen molar-refractivity contribution in [1.29, 1.82) is 0 Å². The Kier molecular flexibility index (Phi) is 5.19. The maximum atomic E-state index is 13.2. The standard InChI is InChI=1S/C19H22N4O2S2/c1-4-8-23-18(24)16-12-7-6-11(3)9-13(12)27-17(16)21-19(23)26-10-14-20-15(5-2)25-22-14/h4,11H,1,5-10H2,2-3H3. The second-order valence-corrected chi connectivity index (χ2v) is 8.90. The molecule has 1 aliphatic carbocycles. The van der Waals surface area contributed by atoms with Crippen LogP contribution in [-0.4, -0.2) is 19.7 Å². The van der Waals surface area contributed by atoms with Gasteiger partial charge in [-0.2, -0.15) is 4.98 Å². The molecule has 0 spiro atoms. The largest absolute Gasteiger partial charge is 0.339 e. The van der Waals surface area contributed by atoms with Crippen LogP contribution in [-0.2, 0) is 31.6 Å². The predicted molar refractivity (Wildman–Crippen MR) is 109 cm³/mol. The van der Waals surface area contributed by atoms with Gasteiger partial charge >= 0.3 is 0 Å². The normalized spacial score (nSPS) is 16.6. The van der Waals surface area contributed by atoms with Crippen molar-refractivity contribution in [2.45, 2.75) is 57.0 Å². The van der Waals surface area contributed by atoms with Gasteiger partial charge in [-0.1, -0.05) is 36.8 Å². The molecule has 0 saturated heterocycles. The van der Waals surface area contributed by atoms with E-state index in [1.54, 1.807) is 22.0 Å². The summed E-state index contributed by atoms with van der Waals surface area (Å²) in [5.41, 5.74) is 1.25. The molecule has 27 heavy (non-hydrogen) atoms. The second-order valence-electron chi connectivity index (χ2n) is 6.88. The highest BCUT2D eigenvalue weighted by Crippen LogP contribution is 2.36. The highest BCUT2D eigenvalue weighted by Gasteiger charge is 2.24. The number of aryl methyl sites for hydroxylation is 2. The van der Waals surface area contributed by atoms with Crippen LogP contribution >= 0.6 is 23.1 Å². The van der Waals surface area contributed by atoms with E-state index < -0.39 is 0 Å². The SMILES string of the molecule is C=CCn1c(SCc2noc(CC)n2)nc2sc3c(c2c1=O)CCC(C)C3. The molecular weight excluding hydrogens is 380 g/mol. The van der Waals surface area contributed by atoms with Crippen molar-refractivity contribution in [3.63, 3.8) is 0 Å². The average Bonchev–Trinajstić information content (AvgIpc) is 3.26. The summed E-state index contributed by atoms with van der Waals surface area (Å²) in [6, 6.07) is 0. The zero-order valence-corrected chi connectivity index (χ0v) is 17.2. The Morgan fingerprint density at radius 3 is 3.04 bits per heavy atom. The molecule has 3 heterocycles. The summed E-state index contributed by atoms with van der Waals surface area (Å²) in [6.07, 6.45) is 5.60. The summed E-state index contributed by atoms with van der Waals surface area (Å²) >= 11 is 3.14. The second kappa shape index (κ2) is 7.59. The molecule has 3 aromatic rings. The van der Waals surface area contributed by atoms with E-state index in [2.05, 4.69) is 23.6 Å². The van der Waals surface area contributed by atoms with Crippen LogP contribution in [0.25, 0.3) is 10.2 Å². The maximum Gasteiger partial charge on any atom is 0.263 e. The van der Waals surface area contributed by atoms with Gasteiger partial charge in [0.05, 0.1) is 11.1 Å². The highest BCUT2D eigenvalue weighted by molar-refractivity contribution is 7.98. The number of rotatable bonds is 6. The Morgan fingerprint density at radius 2 is 2.30 bits per heavy atom. The van der Waals surface area contributed by atoms with Gasteiger partial charge in [-0.05, 0) is 30.7 Å². The molecule has 4 rings (SSSR count). The molecule has 142 valence electrons. The minimum Gasteiger partial charge on any atom is -0.339 e. The van der Waals surface area contributed by atoms with Gasteiger partial charge in [-0.15, -0.1) is 17.9 Å². The molecule has 0 radical (unpaired) electrons. The third-order valence-electron chi connectivity index (χ3n) is 4.83. The maximum absolute atomic E-state index is 13.2. The first-order valence-corrected chi connectivity index (χ1v) is 11.0. The first kappa shape index (κ1) is 18.4. The summed E-state index contributed by atoms with van der Waals surface area (Å²) in [5.74, 6) is 2.43. The fourth-order valence-electron chi connectivity index (χ4n) is 3.43. The average molecular weight is 403 g/mol. The molecule has 1 aliphatic rings. The Morgan fingerprint density at radius 1 is 1.44 bits per heavy atom. The van der Waals surface area contributed by atoms with Crippen molar-refractivity contribution in [3.8, 4) is 0 Å². The first-order chi connectivity index (χ1) is 13.1. The van der Waals surface area contributed by atoms with Crippen LogP contribution in [0.4, 0.5) is 0 Å². The minimum atomic E-state index is 0.0387. The molecule has 8 heteroatoms. The molecule has 1 atom stereocenters. The molecular formula is C19H22N4O2S2. The van der Waals surface area contributed by atoms with Crippen molar-refractivity contribution in [2.24, 2.45) is 5.92 Å². The van der Waals surface area contributed by atoms with Gasteiger partial charge in [0.2, 0.25) is 5.89 Å². The fourth-order valence-corrected chi connectivity index (χ4v) is 5.70. The van der Waals surface area contributed by atoms with Crippen LogP contribution in [0, 0.1) is 5.92 Å². The van der Waals surface area contributed by atoms with Gasteiger partial charge in [-0.3, -0.25) is 9.36 Å². The smallest absolute Gasteiger partial charge is 0.263 e. The quantitative estimate of drug-likeness (QED) is 0.352. The third kappa shape index (κ3) is 3.48. The number of aromatic nitrogens is 4. The summed E-state index contributed by atoms with van der Waals surface area (Å²) < 4.78 is 6.88. The monoisotopic (exact) mass is 402 g/mol. The van der Waals surface area contributed by atoms with Gasteiger partial charge < -0.3 is 4.52 Å². The minimum absolute atomic E-state index is 0.0387. The molecule has 0 aromatic carbocycles. The molecule has 0 amide bonds. The Hall–Kier alpha value is -1.93. The number of thiophene rings is 1. The third-order valence-corrected chi connectivity index (χ3v) is 6.96. The molecule has 6 nitrogen and oxygen atoms in total. The first-order valence-electron chi connectivity index (χ1n) is 9.21. The molecule has 3 aromatic heterocycles. The van der Waals surface area contributed by atoms with Gasteiger partial charge in [0, 0.05) is 17.8 Å². The molecule has 0 bridgehead atoms. The van der Waals surface area contributed by atoms with E-state index in [4.69, 9.17) is 9.51 Å². The van der Waals surface area contributed by atoms with E-state index in [0.29, 0.717) is 41.5 Å². The van der Waals surface area contributed by atoms with E-state index in [1.165, 1.54) is 22.2 Å². The van der Waals surface area contributed by atoms with E-state index in [1.807, 2.05) is 6.92 Å². The lowest BCUT2D eigenvalue weighted by Crippen LogP contribution is -2.23. The Balaban J connectivity index is 1.73. The lowest BCUT2D eigenvalue weighted by molar-refractivity contribution is 0.378. The molecule has 0 saturated carbocycles. The number of hydrogen-bond acceptors (Lipinski definition) is 7. The lowest BCUT2D eigenvalue weighted by Gasteiger charge is -2.17. The lowest BCUT2D eigenvalue weighted by atomic mass is 9.89. The number of nitrogens with zero attached hydrogens (tertiary/aromatic N) is 4. The number of thioether (sulfide) groups is 1. The Bertz CT molecular complexity index is 1050. The van der Waals surface area contributed by atoms with Crippen molar-refractivity contribution < 1.29 is 4.52 Å². The van der Waals surface area contributed by atoms with Gasteiger partial charge in [0.25, 0.3) is 5.56 Å². The van der Waals surface area contributed by atoms with Gasteiger partial charge in [0.1, 0.15) is 4.83 Å². The summed E-state index contributed by atoms with van der Waals surface area (Å²) in [5, 5.41) is 5.47. The molecule has 1 unspecified atom stereocenters. The van der Waals surface area contributed by atoms with E-state index >= 15 is 0 Å². The van der Waals surface area contributed by atoms with E-state index in [9.17, 15) is 4.79 Å². The topological polar surface area (TPSA) is 73.8 Å². The summed E-state index contributed by atoms with van der Waals surface area (Å²) in [4.78, 5) is 24.6. The Labute approximate surface area is 165 Å². The van der Waals surface area contributed by atoms with E-state index in [-0.39, 0.29) is 5.56 Å². The van der Waals surface area contributed by atoms with Crippen molar-refractivity contribution in [2.75, 3.05) is 0 Å². The molecule has 0 aliphatic heterocycles. The summed E-state index contributed by atoms with van der Waals surface area (Å²) in [7, 11) is 0. The van der Waals surface area contributed by atoms with Crippen LogP contribution in [0.3, 0.4) is 0 Å². The van der Waals surface area contributed by atoms with Gasteiger partial charge in [0.15, 0.2) is 11.0 Å². The zero-order chi connectivity index (χ0) is 19.0. The van der Waals surface area contributed by atoms with Crippen LogP contribution in [0.2, 0.25) is 0 Å². The molecule has 0 fully saturated rings. The number of fused-ring (bicyclic) bond motifs is 3. The zero-order valence-electron chi connectivity index (χ0n) is 15.5. The fraction of sp³-hybridized carbons (Fsp3) is 0.474. The van der Waals surface area contributed by atoms with Crippen LogP contribution < -0.4 is 5.56 Å². The predicted octanol–water partition coefficient (Wildman–Crippen LogP) is 4.01.